The van der Waals surface area contributed by atoms with Crippen LogP contribution in [-0.4, -0.2) is 33.9 Å². The third-order valence-electron chi connectivity index (χ3n) is 6.49. The Hall–Kier alpha value is -3.66. The lowest BCUT2D eigenvalue weighted by Gasteiger charge is -2.45. The zero-order valence-corrected chi connectivity index (χ0v) is 18.1. The van der Waals surface area contributed by atoms with Gasteiger partial charge in [0, 0.05) is 17.0 Å². The minimum atomic E-state index is -1.60. The number of carbonyl (C=O) groups excluding carboxylic acids is 1. The van der Waals surface area contributed by atoms with Crippen LogP contribution in [0.15, 0.2) is 36.4 Å². The van der Waals surface area contributed by atoms with E-state index in [9.17, 15) is 4.79 Å². The second-order valence-corrected chi connectivity index (χ2v) is 8.95. The van der Waals surface area contributed by atoms with E-state index in [0.29, 0.717) is 28.4 Å². The number of anilines is 1. The third kappa shape index (κ3) is 3.32. The molecule has 1 saturated carbocycles. The highest BCUT2D eigenvalue weighted by atomic mass is 19.1. The van der Waals surface area contributed by atoms with Crippen LogP contribution < -0.4 is 5.73 Å². The van der Waals surface area contributed by atoms with Gasteiger partial charge in [0.2, 0.25) is 0 Å². The maximum Gasteiger partial charge on any atom is 0.254 e. The van der Waals surface area contributed by atoms with Gasteiger partial charge in [0.15, 0.2) is 5.67 Å². The van der Waals surface area contributed by atoms with Crippen molar-refractivity contribution in [3.05, 3.63) is 70.0 Å². The molecular formula is C25H24FN5O. The first-order valence-corrected chi connectivity index (χ1v) is 10.7. The molecule has 162 valence electrons. The summed E-state index contributed by atoms with van der Waals surface area (Å²) >= 11 is 0. The summed E-state index contributed by atoms with van der Waals surface area (Å²) in [7, 11) is 0. The highest BCUT2D eigenvalue weighted by molar-refractivity contribution is 5.98. The molecule has 0 radical (unpaired) electrons. The van der Waals surface area contributed by atoms with E-state index in [2.05, 4.69) is 9.97 Å². The predicted octanol–water partition coefficient (Wildman–Crippen LogP) is 4.35. The number of aromatic amines is 1. The van der Waals surface area contributed by atoms with Gasteiger partial charge >= 0.3 is 0 Å². The molecule has 1 aliphatic heterocycles. The van der Waals surface area contributed by atoms with Gasteiger partial charge in [-0.25, -0.2) is 9.37 Å². The van der Waals surface area contributed by atoms with Crippen molar-refractivity contribution in [1.82, 2.24) is 14.9 Å². The first kappa shape index (κ1) is 20.3. The number of nitriles is 1. The number of halogens is 1. The Kier molecular flexibility index (Phi) is 4.55. The Labute approximate surface area is 185 Å². The number of amides is 1. The van der Waals surface area contributed by atoms with Gasteiger partial charge in [-0.1, -0.05) is 18.2 Å². The number of benzene rings is 2. The van der Waals surface area contributed by atoms with Gasteiger partial charge in [-0.15, -0.1) is 0 Å². The lowest BCUT2D eigenvalue weighted by molar-refractivity contribution is -0.0231. The molecule has 1 aliphatic carbocycles. The molecule has 1 aromatic heterocycles. The van der Waals surface area contributed by atoms with Gasteiger partial charge in [-0.2, -0.15) is 5.26 Å². The third-order valence-corrected chi connectivity index (χ3v) is 6.49. The lowest BCUT2D eigenvalue weighted by Crippen LogP contribution is -2.58. The van der Waals surface area contributed by atoms with Crippen LogP contribution in [0, 0.1) is 25.2 Å². The molecule has 2 aromatic carbocycles. The average molecular weight is 429 g/mol. The number of aromatic nitrogens is 2. The van der Waals surface area contributed by atoms with Crippen molar-refractivity contribution < 1.29 is 9.18 Å². The van der Waals surface area contributed by atoms with Crippen LogP contribution in [0.3, 0.4) is 0 Å². The van der Waals surface area contributed by atoms with Gasteiger partial charge < -0.3 is 15.6 Å². The Morgan fingerprint density at radius 1 is 1.22 bits per heavy atom. The SMILES string of the molecule is Cc1cc(C)c(-c2[nH]c(C3CC3)nc2N)cc1C(=O)N1CC(F)(c2ccc(C#N)cc2)C1. The van der Waals surface area contributed by atoms with Crippen molar-refractivity contribution in [1.29, 1.82) is 5.26 Å². The van der Waals surface area contributed by atoms with Gasteiger partial charge in [0.05, 0.1) is 30.4 Å². The number of imidazole rings is 1. The van der Waals surface area contributed by atoms with Crippen molar-refractivity contribution >= 4 is 11.7 Å². The summed E-state index contributed by atoms with van der Waals surface area (Å²) in [5.74, 6) is 1.58. The highest BCUT2D eigenvalue weighted by Gasteiger charge is 2.47. The molecule has 0 bridgehead atoms. The first-order valence-electron chi connectivity index (χ1n) is 10.7. The average Bonchev–Trinajstić information content (AvgIpc) is 3.54. The summed E-state index contributed by atoms with van der Waals surface area (Å²) in [5.41, 5.74) is 9.50. The number of hydrogen-bond acceptors (Lipinski definition) is 4. The smallest absolute Gasteiger partial charge is 0.254 e. The summed E-state index contributed by atoms with van der Waals surface area (Å²) in [6, 6.07) is 12.3. The number of rotatable bonds is 4. The standard InChI is InChI=1S/C25H24FN5O/c1-14-9-15(2)20(10-19(14)21-22(28)30-23(29-21)17-5-6-17)24(32)31-12-25(26,13-31)18-7-3-16(11-27)4-8-18/h3-4,7-10,17H,5-6,12-13,28H2,1-2H3,(H,29,30). The molecule has 0 unspecified atom stereocenters. The quantitative estimate of drug-likeness (QED) is 0.644. The van der Waals surface area contributed by atoms with Crippen LogP contribution >= 0.6 is 0 Å². The van der Waals surface area contributed by atoms with E-state index in [1.54, 1.807) is 24.3 Å². The molecule has 2 fully saturated rings. The molecule has 1 saturated heterocycles. The van der Waals surface area contributed by atoms with Gasteiger partial charge in [0.1, 0.15) is 11.6 Å². The molecular weight excluding hydrogens is 405 g/mol. The van der Waals surface area contributed by atoms with E-state index in [0.717, 1.165) is 41.1 Å². The number of likely N-dealkylation sites (tertiary alicyclic amines) is 1. The molecule has 2 aliphatic rings. The fourth-order valence-corrected chi connectivity index (χ4v) is 4.41. The summed E-state index contributed by atoms with van der Waals surface area (Å²) in [6.07, 6.45) is 2.23. The summed E-state index contributed by atoms with van der Waals surface area (Å²) in [5, 5.41) is 8.93. The van der Waals surface area contributed by atoms with Crippen molar-refractivity contribution in [3.8, 4) is 17.3 Å². The molecule has 5 rings (SSSR count). The van der Waals surface area contributed by atoms with Crippen LogP contribution in [0.25, 0.3) is 11.3 Å². The Morgan fingerprint density at radius 2 is 1.91 bits per heavy atom. The van der Waals surface area contributed by atoms with E-state index >= 15 is 4.39 Å². The summed E-state index contributed by atoms with van der Waals surface area (Å²) < 4.78 is 15.3. The van der Waals surface area contributed by atoms with Gasteiger partial charge in [-0.05, 0) is 61.6 Å². The van der Waals surface area contributed by atoms with Crippen molar-refractivity contribution in [2.45, 2.75) is 38.3 Å². The van der Waals surface area contributed by atoms with Gasteiger partial charge in [0.25, 0.3) is 5.91 Å². The number of nitrogen functional groups attached to an aromatic ring is 1. The van der Waals surface area contributed by atoms with Crippen molar-refractivity contribution in [2.75, 3.05) is 18.8 Å². The molecule has 1 amide bonds. The minimum Gasteiger partial charge on any atom is -0.382 e. The first-order chi connectivity index (χ1) is 15.3. The highest BCUT2D eigenvalue weighted by Crippen LogP contribution is 2.41. The number of nitrogens with one attached hydrogen (secondary N) is 1. The normalized spacial score (nSPS) is 17.0. The van der Waals surface area contributed by atoms with Crippen molar-refractivity contribution in [3.63, 3.8) is 0 Å². The van der Waals surface area contributed by atoms with E-state index < -0.39 is 5.67 Å². The van der Waals surface area contributed by atoms with E-state index in [1.807, 2.05) is 32.0 Å². The Balaban J connectivity index is 1.40. The Bertz CT molecular complexity index is 1260. The van der Waals surface area contributed by atoms with Crippen LogP contribution in [0.2, 0.25) is 0 Å². The number of alkyl halides is 1. The zero-order valence-electron chi connectivity index (χ0n) is 18.1. The molecule has 7 heteroatoms. The predicted molar refractivity (Wildman–Crippen MR) is 120 cm³/mol. The topological polar surface area (TPSA) is 98.8 Å². The van der Waals surface area contributed by atoms with Crippen molar-refractivity contribution in [2.24, 2.45) is 0 Å². The molecule has 3 N–H and O–H groups in total. The monoisotopic (exact) mass is 429 g/mol. The number of nitrogens with two attached hydrogens (primary N) is 1. The fourth-order valence-electron chi connectivity index (χ4n) is 4.41. The zero-order chi connectivity index (χ0) is 22.6. The fraction of sp³-hybridized carbons (Fsp3) is 0.320. The van der Waals surface area contributed by atoms with E-state index in [4.69, 9.17) is 11.0 Å². The Morgan fingerprint density at radius 3 is 2.53 bits per heavy atom. The van der Waals surface area contributed by atoms with Crippen LogP contribution in [-0.2, 0) is 5.67 Å². The summed E-state index contributed by atoms with van der Waals surface area (Å²) in [6.45, 7) is 3.84. The number of aryl methyl sites for hydroxylation is 2. The number of nitrogens with zero attached hydrogens (tertiary/aromatic N) is 3. The molecule has 0 atom stereocenters. The van der Waals surface area contributed by atoms with E-state index in [1.165, 1.54) is 4.90 Å². The number of hydrogen-bond donors (Lipinski definition) is 2. The maximum absolute atomic E-state index is 15.3. The van der Waals surface area contributed by atoms with Gasteiger partial charge in [-0.3, -0.25) is 4.79 Å². The summed E-state index contributed by atoms with van der Waals surface area (Å²) in [4.78, 5) is 22.6. The minimum absolute atomic E-state index is 0.0155. The number of carbonyl (C=O) groups is 1. The van der Waals surface area contributed by atoms with Crippen LogP contribution in [0.4, 0.5) is 10.2 Å². The molecule has 2 heterocycles. The second-order valence-electron chi connectivity index (χ2n) is 8.95. The van der Waals surface area contributed by atoms with Crippen LogP contribution in [0.1, 0.15) is 57.2 Å². The van der Waals surface area contributed by atoms with Crippen LogP contribution in [0.5, 0.6) is 0 Å². The number of H-pyrrole nitrogens is 1. The molecule has 6 nitrogen and oxygen atoms in total. The maximum atomic E-state index is 15.3. The molecule has 3 aromatic rings. The molecule has 0 spiro atoms. The lowest BCUT2D eigenvalue weighted by atomic mass is 9.86. The second kappa shape index (κ2) is 7.20. The van der Waals surface area contributed by atoms with E-state index in [-0.39, 0.29) is 19.0 Å². The largest absolute Gasteiger partial charge is 0.382 e. The molecule has 32 heavy (non-hydrogen) atoms.